The number of nitrogens with one attached hydrogen (secondary N) is 2. The van der Waals surface area contributed by atoms with Crippen molar-refractivity contribution in [2.45, 2.75) is 6.92 Å². The lowest BCUT2D eigenvalue weighted by atomic mass is 10.2. The van der Waals surface area contributed by atoms with Crippen LogP contribution in [-0.4, -0.2) is 18.4 Å². The predicted octanol–water partition coefficient (Wildman–Crippen LogP) is 4.73. The van der Waals surface area contributed by atoms with Gasteiger partial charge in [0.05, 0.1) is 6.61 Å². The highest BCUT2D eigenvalue weighted by molar-refractivity contribution is 6.06. The van der Waals surface area contributed by atoms with Crippen LogP contribution in [0.15, 0.2) is 72.8 Å². The van der Waals surface area contributed by atoms with Crippen molar-refractivity contribution in [3.63, 3.8) is 0 Å². The molecule has 5 nitrogen and oxygen atoms in total. The number of rotatable bonds is 6. The van der Waals surface area contributed by atoms with Crippen molar-refractivity contribution in [2.24, 2.45) is 0 Å². The molecule has 0 atom stereocenters. The fourth-order valence-corrected chi connectivity index (χ4v) is 2.55. The fraction of sp³-hybridized carbons (Fsp3) is 0.0909. The van der Waals surface area contributed by atoms with E-state index in [-0.39, 0.29) is 11.8 Å². The van der Waals surface area contributed by atoms with Gasteiger partial charge < -0.3 is 15.4 Å². The molecule has 0 heterocycles. The Hall–Kier alpha value is -3.67. The predicted molar refractivity (Wildman–Crippen MR) is 106 cm³/mol. The van der Waals surface area contributed by atoms with E-state index in [4.69, 9.17) is 4.74 Å². The molecule has 0 fully saturated rings. The average Bonchev–Trinajstić information content (AvgIpc) is 2.69. The number of ether oxygens (including phenoxy) is 1. The molecule has 0 aliphatic carbocycles. The van der Waals surface area contributed by atoms with E-state index in [1.54, 1.807) is 48.5 Å². The number of carbonyl (C=O) groups excluding carboxylic acids is 2. The second-order valence-electron chi connectivity index (χ2n) is 5.95. The zero-order chi connectivity index (χ0) is 19.9. The SMILES string of the molecule is CCOc1ccc(C(=O)Nc2cccc(NC(=O)c3ccc(F)cc3)c2)cc1. The van der Waals surface area contributed by atoms with Crippen LogP contribution in [0.4, 0.5) is 15.8 Å². The van der Waals surface area contributed by atoms with Crippen LogP contribution < -0.4 is 15.4 Å². The Morgan fingerprint density at radius 2 is 1.32 bits per heavy atom. The lowest BCUT2D eigenvalue weighted by Gasteiger charge is -2.10. The molecular formula is C22H19FN2O3. The zero-order valence-electron chi connectivity index (χ0n) is 15.2. The molecule has 3 aromatic rings. The third-order valence-electron chi connectivity index (χ3n) is 3.91. The summed E-state index contributed by atoms with van der Waals surface area (Å²) in [5.74, 6) is -0.347. The first-order chi connectivity index (χ1) is 13.5. The van der Waals surface area contributed by atoms with Crippen LogP contribution >= 0.6 is 0 Å². The first-order valence-corrected chi connectivity index (χ1v) is 8.76. The van der Waals surface area contributed by atoms with Gasteiger partial charge >= 0.3 is 0 Å². The highest BCUT2D eigenvalue weighted by Crippen LogP contribution is 2.18. The van der Waals surface area contributed by atoms with E-state index in [2.05, 4.69) is 10.6 Å². The Morgan fingerprint density at radius 1 is 0.821 bits per heavy atom. The van der Waals surface area contributed by atoms with Gasteiger partial charge in [0.1, 0.15) is 11.6 Å². The normalized spacial score (nSPS) is 10.2. The Balaban J connectivity index is 1.66. The molecule has 142 valence electrons. The molecule has 0 unspecified atom stereocenters. The molecule has 0 radical (unpaired) electrons. The molecule has 3 rings (SSSR count). The number of halogens is 1. The summed E-state index contributed by atoms with van der Waals surface area (Å²) < 4.78 is 18.3. The van der Waals surface area contributed by atoms with Crippen LogP contribution in [0.3, 0.4) is 0 Å². The molecule has 0 aliphatic rings. The molecule has 2 amide bonds. The molecule has 3 aromatic carbocycles. The van der Waals surface area contributed by atoms with Gasteiger partial charge in [0, 0.05) is 22.5 Å². The molecular weight excluding hydrogens is 359 g/mol. The van der Waals surface area contributed by atoms with E-state index in [1.165, 1.54) is 24.3 Å². The van der Waals surface area contributed by atoms with Crippen LogP contribution in [-0.2, 0) is 0 Å². The summed E-state index contributed by atoms with van der Waals surface area (Å²) in [5.41, 5.74) is 1.88. The van der Waals surface area contributed by atoms with Crippen molar-refractivity contribution in [1.29, 1.82) is 0 Å². The lowest BCUT2D eigenvalue weighted by molar-refractivity contribution is 0.101. The van der Waals surface area contributed by atoms with Crippen molar-refractivity contribution < 1.29 is 18.7 Å². The second-order valence-corrected chi connectivity index (χ2v) is 5.95. The van der Waals surface area contributed by atoms with Crippen LogP contribution in [0.25, 0.3) is 0 Å². The standard InChI is InChI=1S/C22H19FN2O3/c1-2-28-20-12-8-16(9-13-20)22(27)25-19-5-3-4-18(14-19)24-21(26)15-6-10-17(23)11-7-15/h3-14H,2H2,1H3,(H,24,26)(H,25,27). The summed E-state index contributed by atoms with van der Waals surface area (Å²) in [4.78, 5) is 24.6. The molecule has 0 saturated carbocycles. The maximum atomic E-state index is 13.0. The Kier molecular flexibility index (Phi) is 6.01. The number of hydrogen-bond donors (Lipinski definition) is 2. The lowest BCUT2D eigenvalue weighted by Crippen LogP contribution is -2.14. The van der Waals surface area contributed by atoms with E-state index in [0.717, 1.165) is 0 Å². The maximum absolute atomic E-state index is 13.0. The summed E-state index contributed by atoms with van der Waals surface area (Å²) in [6, 6.07) is 18.9. The highest BCUT2D eigenvalue weighted by Gasteiger charge is 2.09. The fourth-order valence-electron chi connectivity index (χ4n) is 2.55. The minimum atomic E-state index is -0.407. The Bertz CT molecular complexity index is 970. The molecule has 0 aliphatic heterocycles. The largest absolute Gasteiger partial charge is 0.494 e. The second kappa shape index (κ2) is 8.81. The van der Waals surface area contributed by atoms with Crippen molar-refractivity contribution in [1.82, 2.24) is 0 Å². The number of amides is 2. The van der Waals surface area contributed by atoms with Gasteiger partial charge in [0.25, 0.3) is 11.8 Å². The first kappa shape index (κ1) is 19.1. The van der Waals surface area contributed by atoms with E-state index >= 15 is 0 Å². The molecule has 0 saturated heterocycles. The van der Waals surface area contributed by atoms with Crippen LogP contribution in [0.2, 0.25) is 0 Å². The number of benzene rings is 3. The van der Waals surface area contributed by atoms with Crippen LogP contribution in [0, 0.1) is 5.82 Å². The van der Waals surface area contributed by atoms with E-state index in [0.29, 0.717) is 34.9 Å². The summed E-state index contributed by atoms with van der Waals surface area (Å²) in [6.07, 6.45) is 0. The van der Waals surface area contributed by atoms with Gasteiger partial charge in [0.15, 0.2) is 0 Å². The molecule has 0 aromatic heterocycles. The van der Waals surface area contributed by atoms with Crippen molar-refractivity contribution in [2.75, 3.05) is 17.2 Å². The van der Waals surface area contributed by atoms with E-state index in [9.17, 15) is 14.0 Å². The number of anilines is 2. The summed E-state index contributed by atoms with van der Waals surface area (Å²) in [6.45, 7) is 2.45. The van der Waals surface area contributed by atoms with Crippen molar-refractivity contribution in [3.05, 3.63) is 89.7 Å². The van der Waals surface area contributed by atoms with E-state index in [1.807, 2.05) is 6.92 Å². The Morgan fingerprint density at radius 3 is 1.82 bits per heavy atom. The highest BCUT2D eigenvalue weighted by atomic mass is 19.1. The quantitative estimate of drug-likeness (QED) is 0.652. The van der Waals surface area contributed by atoms with Crippen LogP contribution in [0.5, 0.6) is 5.75 Å². The average molecular weight is 378 g/mol. The number of carbonyl (C=O) groups is 2. The third kappa shape index (κ3) is 4.94. The van der Waals surface area contributed by atoms with E-state index < -0.39 is 5.82 Å². The zero-order valence-corrected chi connectivity index (χ0v) is 15.2. The maximum Gasteiger partial charge on any atom is 0.255 e. The van der Waals surface area contributed by atoms with Crippen molar-refractivity contribution >= 4 is 23.2 Å². The smallest absolute Gasteiger partial charge is 0.255 e. The van der Waals surface area contributed by atoms with Gasteiger partial charge in [-0.2, -0.15) is 0 Å². The van der Waals surface area contributed by atoms with Gasteiger partial charge in [-0.15, -0.1) is 0 Å². The topological polar surface area (TPSA) is 67.4 Å². The molecule has 0 bridgehead atoms. The summed E-state index contributed by atoms with van der Waals surface area (Å²) in [5, 5.41) is 5.51. The third-order valence-corrected chi connectivity index (χ3v) is 3.91. The van der Waals surface area contributed by atoms with Gasteiger partial charge in [-0.05, 0) is 73.7 Å². The monoisotopic (exact) mass is 378 g/mol. The molecule has 0 spiro atoms. The van der Waals surface area contributed by atoms with Gasteiger partial charge in [-0.25, -0.2) is 4.39 Å². The van der Waals surface area contributed by atoms with Gasteiger partial charge in [-0.1, -0.05) is 6.07 Å². The Labute approximate surface area is 162 Å². The minimum Gasteiger partial charge on any atom is -0.494 e. The van der Waals surface area contributed by atoms with Crippen molar-refractivity contribution in [3.8, 4) is 5.75 Å². The van der Waals surface area contributed by atoms with Gasteiger partial charge in [0.2, 0.25) is 0 Å². The molecule has 6 heteroatoms. The first-order valence-electron chi connectivity index (χ1n) is 8.76. The molecule has 2 N–H and O–H groups in total. The van der Waals surface area contributed by atoms with Gasteiger partial charge in [-0.3, -0.25) is 9.59 Å². The summed E-state index contributed by atoms with van der Waals surface area (Å²) >= 11 is 0. The molecule has 28 heavy (non-hydrogen) atoms. The summed E-state index contributed by atoms with van der Waals surface area (Å²) in [7, 11) is 0. The number of hydrogen-bond acceptors (Lipinski definition) is 3. The minimum absolute atomic E-state index is 0.273. The van der Waals surface area contributed by atoms with Crippen LogP contribution in [0.1, 0.15) is 27.6 Å².